The fourth-order valence-corrected chi connectivity index (χ4v) is 3.21. The van der Waals surface area contributed by atoms with Crippen LogP contribution < -0.4 is 10.1 Å². The summed E-state index contributed by atoms with van der Waals surface area (Å²) in [5, 5.41) is 17.0. The fraction of sp³-hybridized carbons (Fsp3) is 0.190. The van der Waals surface area contributed by atoms with Crippen molar-refractivity contribution in [3.8, 4) is 17.2 Å². The molecule has 2 N–H and O–H groups in total. The van der Waals surface area contributed by atoms with Crippen LogP contribution in [0.4, 0.5) is 5.82 Å². The van der Waals surface area contributed by atoms with E-state index in [0.717, 1.165) is 19.5 Å². The number of nitrogens with one attached hydrogen (secondary N) is 1. The molecule has 0 unspecified atom stereocenters. The molecule has 1 fully saturated rings. The number of halogens is 1. The minimum absolute atomic E-state index is 0.0689. The molecule has 0 saturated carbocycles. The van der Waals surface area contributed by atoms with Crippen LogP contribution in [0.5, 0.6) is 17.2 Å². The van der Waals surface area contributed by atoms with Gasteiger partial charge in [-0.2, -0.15) is 5.10 Å². The zero-order chi connectivity index (χ0) is 21.3. The van der Waals surface area contributed by atoms with Gasteiger partial charge in [-0.15, -0.1) is 0 Å². The van der Waals surface area contributed by atoms with Gasteiger partial charge < -0.3 is 20.1 Å². The van der Waals surface area contributed by atoms with Crippen molar-refractivity contribution in [1.82, 2.24) is 14.7 Å². The summed E-state index contributed by atoms with van der Waals surface area (Å²) < 4.78 is 7.31. The maximum absolute atomic E-state index is 12.5. The first kappa shape index (κ1) is 19.8. The first-order valence-corrected chi connectivity index (χ1v) is 9.68. The van der Waals surface area contributed by atoms with Gasteiger partial charge in [-0.1, -0.05) is 11.6 Å². The van der Waals surface area contributed by atoms with Crippen LogP contribution in [-0.4, -0.2) is 44.7 Å². The van der Waals surface area contributed by atoms with E-state index in [2.05, 4.69) is 10.4 Å². The number of anilines is 1. The van der Waals surface area contributed by atoms with Crippen molar-refractivity contribution in [3.63, 3.8) is 0 Å². The monoisotopic (exact) mass is 426 g/mol. The molecule has 4 rings (SSSR count). The van der Waals surface area contributed by atoms with Crippen LogP contribution in [0.1, 0.15) is 27.1 Å². The Balaban J connectivity index is 1.51. The second-order valence-electron chi connectivity index (χ2n) is 6.94. The molecule has 1 aliphatic heterocycles. The third kappa shape index (κ3) is 4.23. The lowest BCUT2D eigenvalue weighted by atomic mass is 10.1. The molecule has 1 aliphatic rings. The molecule has 3 aromatic rings. The smallest absolute Gasteiger partial charge is 0.257 e. The number of benzene rings is 2. The second-order valence-corrected chi connectivity index (χ2v) is 7.34. The number of rotatable bonds is 5. The van der Waals surface area contributed by atoms with E-state index in [9.17, 15) is 14.7 Å². The summed E-state index contributed by atoms with van der Waals surface area (Å²) in [6, 6.07) is 10.6. The van der Waals surface area contributed by atoms with Gasteiger partial charge in [0.2, 0.25) is 0 Å². The average molecular weight is 427 g/mol. The van der Waals surface area contributed by atoms with Crippen LogP contribution in [0.15, 0.2) is 48.7 Å². The lowest BCUT2D eigenvalue weighted by molar-refractivity contribution is 0.0651. The van der Waals surface area contributed by atoms with E-state index in [4.69, 9.17) is 16.3 Å². The molecule has 0 spiro atoms. The highest BCUT2D eigenvalue weighted by atomic mass is 35.5. The summed E-state index contributed by atoms with van der Waals surface area (Å²) >= 11 is 6.29. The highest BCUT2D eigenvalue weighted by molar-refractivity contribution is 6.32. The maximum Gasteiger partial charge on any atom is 0.257 e. The number of hydrogen-bond donors (Lipinski definition) is 2. The van der Waals surface area contributed by atoms with Gasteiger partial charge in [0, 0.05) is 49.6 Å². The van der Waals surface area contributed by atoms with Crippen LogP contribution in [-0.2, 0) is 7.05 Å². The number of carbonyl (C=O) groups is 2. The molecule has 8 nitrogen and oxygen atoms in total. The number of nitrogens with zero attached hydrogens (tertiary/aromatic N) is 3. The van der Waals surface area contributed by atoms with Crippen molar-refractivity contribution in [1.29, 1.82) is 0 Å². The molecule has 0 atom stereocenters. The van der Waals surface area contributed by atoms with Gasteiger partial charge in [-0.05, 0) is 36.8 Å². The van der Waals surface area contributed by atoms with E-state index in [1.54, 1.807) is 47.1 Å². The summed E-state index contributed by atoms with van der Waals surface area (Å²) in [6.45, 7) is 1.50. The van der Waals surface area contributed by atoms with E-state index in [1.807, 2.05) is 0 Å². The summed E-state index contributed by atoms with van der Waals surface area (Å²) in [7, 11) is 1.74. The highest BCUT2D eigenvalue weighted by Crippen LogP contribution is 2.33. The van der Waals surface area contributed by atoms with Crippen molar-refractivity contribution < 1.29 is 19.4 Å². The third-order valence-corrected chi connectivity index (χ3v) is 4.95. The molecule has 0 radical (unpaired) electrons. The first-order valence-electron chi connectivity index (χ1n) is 9.31. The molecule has 2 amide bonds. The van der Waals surface area contributed by atoms with E-state index in [1.165, 1.54) is 18.2 Å². The van der Waals surface area contributed by atoms with Gasteiger partial charge >= 0.3 is 0 Å². The first-order chi connectivity index (χ1) is 14.4. The number of ether oxygens (including phenoxy) is 1. The molecule has 2 heterocycles. The van der Waals surface area contributed by atoms with Gasteiger partial charge in [0.05, 0.1) is 5.02 Å². The molecule has 30 heavy (non-hydrogen) atoms. The Morgan fingerprint density at radius 3 is 2.57 bits per heavy atom. The summed E-state index contributed by atoms with van der Waals surface area (Å²) in [5.41, 5.74) is 0.676. The van der Waals surface area contributed by atoms with Gasteiger partial charge in [0.1, 0.15) is 17.2 Å². The van der Waals surface area contributed by atoms with Crippen molar-refractivity contribution in [2.45, 2.75) is 6.42 Å². The van der Waals surface area contributed by atoms with E-state index >= 15 is 0 Å². The van der Waals surface area contributed by atoms with Crippen molar-refractivity contribution in [2.75, 3.05) is 18.4 Å². The van der Waals surface area contributed by atoms with Crippen LogP contribution >= 0.6 is 11.6 Å². The van der Waals surface area contributed by atoms with Crippen LogP contribution in [0.25, 0.3) is 0 Å². The zero-order valence-corrected chi connectivity index (χ0v) is 16.9. The van der Waals surface area contributed by atoms with E-state index in [-0.39, 0.29) is 28.0 Å². The maximum atomic E-state index is 12.5. The molecular weight excluding hydrogens is 408 g/mol. The van der Waals surface area contributed by atoms with Crippen LogP contribution in [0.3, 0.4) is 0 Å². The Bertz CT molecular complexity index is 1120. The Kier molecular flexibility index (Phi) is 5.33. The quantitative estimate of drug-likeness (QED) is 0.648. The lowest BCUT2D eigenvalue weighted by Crippen LogP contribution is -2.41. The minimum atomic E-state index is -0.448. The van der Waals surface area contributed by atoms with E-state index in [0.29, 0.717) is 17.1 Å². The Morgan fingerprint density at radius 1 is 1.13 bits per heavy atom. The molecule has 9 heteroatoms. The average Bonchev–Trinajstić information content (AvgIpc) is 3.06. The molecule has 1 saturated heterocycles. The van der Waals surface area contributed by atoms with Crippen molar-refractivity contribution in [3.05, 3.63) is 64.8 Å². The molecule has 2 aromatic carbocycles. The predicted molar refractivity (Wildman–Crippen MR) is 111 cm³/mol. The summed E-state index contributed by atoms with van der Waals surface area (Å²) in [4.78, 5) is 26.5. The normalized spacial score (nSPS) is 12.9. The molecule has 154 valence electrons. The zero-order valence-electron chi connectivity index (χ0n) is 16.1. The topological polar surface area (TPSA) is 96.7 Å². The minimum Gasteiger partial charge on any atom is -0.508 e. The number of amides is 2. The summed E-state index contributed by atoms with van der Waals surface area (Å²) in [6.07, 6.45) is 2.71. The number of phenolic OH excluding ortho intramolecular Hbond substituents is 1. The standard InChI is InChI=1S/C21H19ClN4O4/c1-25-8-5-19(24-25)23-20(28)14-9-15(27)12-16(10-14)30-18-4-3-13(11-17(18)22)21(29)26-6-2-7-26/h3-5,8-12,27H,2,6-7H2,1H3,(H,23,24,28). The number of likely N-dealkylation sites (tertiary alicyclic amines) is 1. The second kappa shape index (κ2) is 8.08. The number of carbonyl (C=O) groups excluding carboxylic acids is 2. The number of aromatic hydroxyl groups is 1. The molecular formula is C21H19ClN4O4. The predicted octanol–water partition coefficient (Wildman–Crippen LogP) is 3.67. The molecule has 0 aliphatic carbocycles. The van der Waals surface area contributed by atoms with Gasteiger partial charge in [0.15, 0.2) is 5.82 Å². The number of aromatic nitrogens is 2. The highest BCUT2D eigenvalue weighted by Gasteiger charge is 2.22. The summed E-state index contributed by atoms with van der Waals surface area (Å²) in [5.74, 6) is 0.262. The van der Waals surface area contributed by atoms with Gasteiger partial charge in [-0.3, -0.25) is 14.3 Å². The number of aryl methyl sites for hydroxylation is 1. The molecule has 0 bridgehead atoms. The molecule has 1 aromatic heterocycles. The van der Waals surface area contributed by atoms with Gasteiger partial charge in [0.25, 0.3) is 11.8 Å². The number of phenols is 1. The van der Waals surface area contributed by atoms with E-state index < -0.39 is 5.91 Å². The largest absolute Gasteiger partial charge is 0.508 e. The van der Waals surface area contributed by atoms with Crippen molar-refractivity contribution >= 4 is 29.2 Å². The SMILES string of the molecule is Cn1ccc(NC(=O)c2cc(O)cc(Oc3ccc(C(=O)N4CCC4)cc3Cl)c2)n1. The van der Waals surface area contributed by atoms with Crippen LogP contribution in [0, 0.1) is 0 Å². The lowest BCUT2D eigenvalue weighted by Gasteiger charge is -2.31. The Labute approximate surface area is 177 Å². The Morgan fingerprint density at radius 2 is 1.93 bits per heavy atom. The third-order valence-electron chi connectivity index (χ3n) is 4.66. The fourth-order valence-electron chi connectivity index (χ4n) is 2.99. The Hall–Kier alpha value is -3.52. The van der Waals surface area contributed by atoms with Gasteiger partial charge in [-0.25, -0.2) is 0 Å². The van der Waals surface area contributed by atoms with Crippen LogP contribution in [0.2, 0.25) is 5.02 Å². The van der Waals surface area contributed by atoms with Crippen molar-refractivity contribution in [2.24, 2.45) is 7.05 Å². The number of hydrogen-bond acceptors (Lipinski definition) is 5.